The van der Waals surface area contributed by atoms with Gasteiger partial charge in [0, 0.05) is 0 Å². The van der Waals surface area contributed by atoms with Crippen molar-refractivity contribution >= 4 is 0 Å². The number of hydrogen-bond donors (Lipinski definition) is 1. The lowest BCUT2D eigenvalue weighted by Gasteiger charge is -2.40. The van der Waals surface area contributed by atoms with Crippen LogP contribution in [0.25, 0.3) is 0 Å². The third kappa shape index (κ3) is 2.56. The summed E-state index contributed by atoms with van der Waals surface area (Å²) in [6.07, 6.45) is 6.90. The van der Waals surface area contributed by atoms with Crippen molar-refractivity contribution in [2.45, 2.75) is 51.6 Å². The van der Waals surface area contributed by atoms with Crippen LogP contribution in [-0.4, -0.2) is 10.1 Å². The van der Waals surface area contributed by atoms with Crippen molar-refractivity contribution in [1.29, 1.82) is 0 Å². The fraction of sp³-hybridized carbons (Fsp3) is 0.667. The van der Waals surface area contributed by atoms with E-state index in [1.165, 1.54) is 31.5 Å². The zero-order valence-corrected chi connectivity index (χ0v) is 11.2. The quantitative estimate of drug-likeness (QED) is 0.889. The summed E-state index contributed by atoms with van der Waals surface area (Å²) in [5.41, 5.74) is -0.358. The van der Waals surface area contributed by atoms with Gasteiger partial charge >= 0.3 is 0 Å². The van der Waals surface area contributed by atoms with E-state index in [-0.39, 0.29) is 11.7 Å². The molecule has 18 heavy (non-hydrogen) atoms. The summed E-state index contributed by atoms with van der Waals surface area (Å²) in [6, 6.07) is 2.98. The Morgan fingerprint density at radius 3 is 2.72 bits per heavy atom. The molecule has 2 nitrogen and oxygen atoms in total. The van der Waals surface area contributed by atoms with E-state index in [1.807, 2.05) is 6.92 Å². The molecule has 1 N–H and O–H groups in total. The minimum atomic E-state index is -0.950. The molecule has 0 aliphatic heterocycles. The molecule has 3 heteroatoms. The van der Waals surface area contributed by atoms with E-state index < -0.39 is 5.60 Å². The second kappa shape index (κ2) is 5.35. The molecule has 0 radical (unpaired) electrons. The third-order valence-electron chi connectivity index (χ3n) is 4.40. The minimum Gasteiger partial charge on any atom is -0.384 e. The van der Waals surface area contributed by atoms with E-state index in [1.54, 1.807) is 6.07 Å². The van der Waals surface area contributed by atoms with Crippen LogP contribution < -0.4 is 0 Å². The standard InChI is InChI=1S/C15H22FNO/c1-3-11-6-4-5-7-13(11)15(2,18)14-9-8-12(16)10-17-14/h8-11,13,18H,3-7H2,1-2H3. The van der Waals surface area contributed by atoms with Crippen LogP contribution in [0.5, 0.6) is 0 Å². The van der Waals surface area contributed by atoms with E-state index in [9.17, 15) is 9.50 Å². The Balaban J connectivity index is 2.25. The van der Waals surface area contributed by atoms with Gasteiger partial charge in [-0.2, -0.15) is 0 Å². The highest BCUT2D eigenvalue weighted by Gasteiger charge is 2.40. The Morgan fingerprint density at radius 1 is 1.39 bits per heavy atom. The molecule has 1 aliphatic rings. The number of aliphatic hydroxyl groups is 1. The van der Waals surface area contributed by atoms with Crippen LogP contribution >= 0.6 is 0 Å². The fourth-order valence-corrected chi connectivity index (χ4v) is 3.30. The van der Waals surface area contributed by atoms with Gasteiger partial charge in [0.15, 0.2) is 0 Å². The molecule has 1 aromatic heterocycles. The van der Waals surface area contributed by atoms with E-state index in [0.29, 0.717) is 11.6 Å². The lowest BCUT2D eigenvalue weighted by molar-refractivity contribution is -0.0522. The SMILES string of the molecule is CCC1CCCCC1C(C)(O)c1ccc(F)cn1. The maximum Gasteiger partial charge on any atom is 0.141 e. The van der Waals surface area contributed by atoms with Gasteiger partial charge in [0.2, 0.25) is 0 Å². The first kappa shape index (κ1) is 13.5. The zero-order valence-electron chi connectivity index (χ0n) is 11.2. The van der Waals surface area contributed by atoms with Crippen LogP contribution in [0.1, 0.15) is 51.6 Å². The first-order valence-electron chi connectivity index (χ1n) is 6.90. The van der Waals surface area contributed by atoms with Crippen LogP contribution in [0, 0.1) is 17.7 Å². The summed E-state index contributed by atoms with van der Waals surface area (Å²) >= 11 is 0. The van der Waals surface area contributed by atoms with Gasteiger partial charge in [-0.25, -0.2) is 4.39 Å². The monoisotopic (exact) mass is 251 g/mol. The molecule has 1 aliphatic carbocycles. The van der Waals surface area contributed by atoms with Crippen molar-refractivity contribution in [3.8, 4) is 0 Å². The Morgan fingerprint density at radius 2 is 2.11 bits per heavy atom. The molecule has 0 saturated heterocycles. The molecule has 0 bridgehead atoms. The largest absolute Gasteiger partial charge is 0.384 e. The lowest BCUT2D eigenvalue weighted by Crippen LogP contribution is -2.39. The van der Waals surface area contributed by atoms with Crippen molar-refractivity contribution in [2.24, 2.45) is 11.8 Å². The minimum absolute atomic E-state index is 0.231. The molecule has 3 atom stereocenters. The lowest BCUT2D eigenvalue weighted by atomic mass is 9.68. The van der Waals surface area contributed by atoms with Gasteiger partial charge in [0.05, 0.1) is 11.9 Å². The molecule has 100 valence electrons. The number of rotatable bonds is 3. The van der Waals surface area contributed by atoms with Crippen molar-refractivity contribution in [3.05, 3.63) is 29.8 Å². The third-order valence-corrected chi connectivity index (χ3v) is 4.40. The van der Waals surface area contributed by atoms with E-state index >= 15 is 0 Å². The molecule has 1 aromatic rings. The van der Waals surface area contributed by atoms with Gasteiger partial charge in [-0.15, -0.1) is 0 Å². The molecule has 0 amide bonds. The Hall–Kier alpha value is -0.960. The smallest absolute Gasteiger partial charge is 0.141 e. The van der Waals surface area contributed by atoms with Gasteiger partial charge in [-0.1, -0.05) is 32.6 Å². The number of aromatic nitrogens is 1. The van der Waals surface area contributed by atoms with Gasteiger partial charge in [0.25, 0.3) is 0 Å². The van der Waals surface area contributed by atoms with Crippen molar-refractivity contribution < 1.29 is 9.50 Å². The van der Waals surface area contributed by atoms with Crippen LogP contribution in [0.3, 0.4) is 0 Å². The topological polar surface area (TPSA) is 33.1 Å². The molecule has 1 heterocycles. The molecule has 2 rings (SSSR count). The number of pyridine rings is 1. The molecular formula is C15H22FNO. The average molecular weight is 251 g/mol. The predicted octanol–water partition coefficient (Wildman–Crippen LogP) is 3.64. The van der Waals surface area contributed by atoms with Crippen LogP contribution in [0.2, 0.25) is 0 Å². The second-order valence-corrected chi connectivity index (χ2v) is 5.57. The highest BCUT2D eigenvalue weighted by molar-refractivity contribution is 5.15. The summed E-state index contributed by atoms with van der Waals surface area (Å²) in [5, 5.41) is 10.8. The summed E-state index contributed by atoms with van der Waals surface area (Å²) in [4.78, 5) is 4.07. The maximum atomic E-state index is 12.9. The summed E-state index contributed by atoms with van der Waals surface area (Å²) in [7, 11) is 0. The van der Waals surface area contributed by atoms with Crippen molar-refractivity contribution in [3.63, 3.8) is 0 Å². The maximum absolute atomic E-state index is 12.9. The fourth-order valence-electron chi connectivity index (χ4n) is 3.30. The second-order valence-electron chi connectivity index (χ2n) is 5.57. The Labute approximate surface area is 108 Å². The number of halogens is 1. The number of hydrogen-bond acceptors (Lipinski definition) is 2. The Bertz CT molecular complexity index is 388. The van der Waals surface area contributed by atoms with Crippen molar-refractivity contribution in [1.82, 2.24) is 4.98 Å². The first-order chi connectivity index (χ1) is 8.55. The van der Waals surface area contributed by atoms with Gasteiger partial charge in [0.1, 0.15) is 11.4 Å². The van der Waals surface area contributed by atoms with Crippen LogP contribution in [0.4, 0.5) is 4.39 Å². The Kier molecular flexibility index (Phi) is 4.00. The molecule has 1 fully saturated rings. The average Bonchev–Trinajstić information content (AvgIpc) is 2.39. The van der Waals surface area contributed by atoms with Gasteiger partial charge in [-0.3, -0.25) is 4.98 Å². The van der Waals surface area contributed by atoms with E-state index in [2.05, 4.69) is 11.9 Å². The van der Waals surface area contributed by atoms with Crippen molar-refractivity contribution in [2.75, 3.05) is 0 Å². The molecule has 1 saturated carbocycles. The summed E-state index contributed by atoms with van der Waals surface area (Å²) in [6.45, 7) is 4.00. The molecule has 3 unspecified atom stereocenters. The summed E-state index contributed by atoms with van der Waals surface area (Å²) in [5.74, 6) is 0.417. The van der Waals surface area contributed by atoms with Gasteiger partial charge in [-0.05, 0) is 37.3 Å². The predicted molar refractivity (Wildman–Crippen MR) is 69.5 cm³/mol. The van der Waals surface area contributed by atoms with Crippen LogP contribution in [0.15, 0.2) is 18.3 Å². The molecular weight excluding hydrogens is 229 g/mol. The van der Waals surface area contributed by atoms with E-state index in [0.717, 1.165) is 12.8 Å². The summed E-state index contributed by atoms with van der Waals surface area (Å²) < 4.78 is 12.9. The first-order valence-corrected chi connectivity index (χ1v) is 6.90. The highest BCUT2D eigenvalue weighted by Crippen LogP contribution is 2.43. The highest BCUT2D eigenvalue weighted by atomic mass is 19.1. The molecule has 0 spiro atoms. The van der Waals surface area contributed by atoms with E-state index in [4.69, 9.17) is 0 Å². The van der Waals surface area contributed by atoms with Gasteiger partial charge < -0.3 is 5.11 Å². The molecule has 0 aromatic carbocycles. The normalized spacial score (nSPS) is 27.8. The van der Waals surface area contributed by atoms with Crippen LogP contribution in [-0.2, 0) is 5.60 Å². The zero-order chi connectivity index (χ0) is 13.2. The number of nitrogens with zero attached hydrogens (tertiary/aromatic N) is 1.